The lowest BCUT2D eigenvalue weighted by molar-refractivity contribution is 0.432. The van der Waals surface area contributed by atoms with Gasteiger partial charge < -0.3 is 4.52 Å². The molecule has 3 aromatic rings. The molecule has 0 saturated heterocycles. The number of benzene rings is 2. The third-order valence-electron chi connectivity index (χ3n) is 3.70. The van der Waals surface area contributed by atoms with Gasteiger partial charge >= 0.3 is 0 Å². The second-order valence-electron chi connectivity index (χ2n) is 6.62. The lowest BCUT2D eigenvalue weighted by Crippen LogP contribution is -2.10. The first-order chi connectivity index (χ1) is 10.4. The van der Waals surface area contributed by atoms with Crippen molar-refractivity contribution >= 4 is 0 Å². The molecule has 0 bridgehead atoms. The lowest BCUT2D eigenvalue weighted by Gasteiger charge is -2.18. The maximum Gasteiger partial charge on any atom is 0.258 e. The van der Waals surface area contributed by atoms with Gasteiger partial charge in [0.25, 0.3) is 5.89 Å². The van der Waals surface area contributed by atoms with Gasteiger partial charge in [0.2, 0.25) is 5.82 Å². The molecule has 0 fully saturated rings. The van der Waals surface area contributed by atoms with Crippen molar-refractivity contribution in [3.8, 4) is 22.8 Å². The van der Waals surface area contributed by atoms with Crippen molar-refractivity contribution in [1.29, 1.82) is 0 Å². The van der Waals surface area contributed by atoms with Gasteiger partial charge in [-0.1, -0.05) is 61.8 Å². The minimum absolute atomic E-state index is 0.139. The molecule has 2 aromatic carbocycles. The van der Waals surface area contributed by atoms with Crippen LogP contribution in [-0.2, 0) is 5.41 Å². The summed E-state index contributed by atoms with van der Waals surface area (Å²) in [5.41, 5.74) is 4.52. The highest BCUT2D eigenvalue weighted by molar-refractivity contribution is 5.60. The molecule has 3 heteroatoms. The van der Waals surface area contributed by atoms with Crippen molar-refractivity contribution in [1.82, 2.24) is 10.1 Å². The van der Waals surface area contributed by atoms with E-state index in [-0.39, 0.29) is 5.41 Å². The van der Waals surface area contributed by atoms with Crippen LogP contribution in [0, 0.1) is 6.92 Å². The van der Waals surface area contributed by atoms with E-state index in [1.165, 1.54) is 11.1 Å². The molecule has 22 heavy (non-hydrogen) atoms. The average molecular weight is 292 g/mol. The highest BCUT2D eigenvalue weighted by Gasteiger charge is 2.15. The molecule has 3 rings (SSSR count). The molecular weight excluding hydrogens is 272 g/mol. The fraction of sp³-hybridized carbons (Fsp3) is 0.263. The van der Waals surface area contributed by atoms with E-state index in [1.54, 1.807) is 0 Å². The van der Waals surface area contributed by atoms with Crippen LogP contribution in [0.1, 0.15) is 31.9 Å². The second kappa shape index (κ2) is 5.41. The van der Waals surface area contributed by atoms with Crippen LogP contribution in [0.4, 0.5) is 0 Å². The zero-order chi connectivity index (χ0) is 15.7. The minimum Gasteiger partial charge on any atom is -0.334 e. The maximum atomic E-state index is 5.41. The van der Waals surface area contributed by atoms with Crippen LogP contribution in [-0.4, -0.2) is 10.1 Å². The Morgan fingerprint density at radius 2 is 1.64 bits per heavy atom. The van der Waals surface area contributed by atoms with E-state index in [0.29, 0.717) is 11.7 Å². The van der Waals surface area contributed by atoms with Gasteiger partial charge in [0.05, 0.1) is 0 Å². The minimum atomic E-state index is 0.139. The van der Waals surface area contributed by atoms with Gasteiger partial charge in [-0.2, -0.15) is 4.98 Å². The third-order valence-corrected chi connectivity index (χ3v) is 3.70. The summed E-state index contributed by atoms with van der Waals surface area (Å²) in [4.78, 5) is 4.51. The van der Waals surface area contributed by atoms with Crippen molar-refractivity contribution in [3.63, 3.8) is 0 Å². The molecular formula is C19H20N2O. The quantitative estimate of drug-likeness (QED) is 0.666. The topological polar surface area (TPSA) is 38.9 Å². The number of hydrogen-bond donors (Lipinski definition) is 0. The Morgan fingerprint density at radius 3 is 2.27 bits per heavy atom. The van der Waals surface area contributed by atoms with Crippen LogP contribution < -0.4 is 0 Å². The van der Waals surface area contributed by atoms with Crippen molar-refractivity contribution in [2.45, 2.75) is 33.1 Å². The molecule has 0 unspecified atom stereocenters. The van der Waals surface area contributed by atoms with Crippen LogP contribution in [0.3, 0.4) is 0 Å². The first-order valence-corrected chi connectivity index (χ1v) is 7.45. The Hall–Kier alpha value is -2.42. The zero-order valence-electron chi connectivity index (χ0n) is 13.4. The molecule has 0 amide bonds. The van der Waals surface area contributed by atoms with E-state index in [4.69, 9.17) is 4.52 Å². The Labute approximate surface area is 131 Å². The average Bonchev–Trinajstić information content (AvgIpc) is 2.96. The van der Waals surface area contributed by atoms with Crippen molar-refractivity contribution in [2.24, 2.45) is 0 Å². The van der Waals surface area contributed by atoms with Gasteiger partial charge in [-0.25, -0.2) is 0 Å². The predicted octanol–water partition coefficient (Wildman–Crippen LogP) is 5.01. The highest BCUT2D eigenvalue weighted by atomic mass is 16.5. The second-order valence-corrected chi connectivity index (χ2v) is 6.62. The van der Waals surface area contributed by atoms with E-state index >= 15 is 0 Å². The summed E-state index contributed by atoms with van der Waals surface area (Å²) in [7, 11) is 0. The number of hydrogen-bond acceptors (Lipinski definition) is 3. The van der Waals surface area contributed by atoms with Gasteiger partial charge in [-0.05, 0) is 36.1 Å². The van der Waals surface area contributed by atoms with Gasteiger partial charge in [0.1, 0.15) is 0 Å². The van der Waals surface area contributed by atoms with Crippen LogP contribution in [0.25, 0.3) is 22.8 Å². The summed E-state index contributed by atoms with van der Waals surface area (Å²) in [5.74, 6) is 1.18. The molecule has 3 nitrogen and oxygen atoms in total. The predicted molar refractivity (Wildman–Crippen MR) is 88.6 cm³/mol. The molecule has 112 valence electrons. The van der Waals surface area contributed by atoms with Gasteiger partial charge in [-0.3, -0.25) is 0 Å². The number of aromatic nitrogens is 2. The Morgan fingerprint density at radius 1 is 0.909 bits per heavy atom. The smallest absolute Gasteiger partial charge is 0.258 e. The van der Waals surface area contributed by atoms with Crippen LogP contribution in [0.2, 0.25) is 0 Å². The van der Waals surface area contributed by atoms with Gasteiger partial charge in [-0.15, -0.1) is 0 Å². The van der Waals surface area contributed by atoms with Gasteiger partial charge in [0, 0.05) is 11.1 Å². The molecule has 0 atom stereocenters. The normalized spacial score (nSPS) is 11.6. The number of rotatable bonds is 2. The maximum absolute atomic E-state index is 5.41. The molecule has 0 radical (unpaired) electrons. The standard InChI is InChI=1S/C19H20N2O/c1-13-6-5-7-15(12-13)17-20-18(22-21-17)14-8-10-16(11-9-14)19(2,3)4/h5-12H,1-4H3. The van der Waals surface area contributed by atoms with Crippen molar-refractivity contribution in [2.75, 3.05) is 0 Å². The molecule has 0 aliphatic heterocycles. The Bertz CT molecular complexity index is 780. The first-order valence-electron chi connectivity index (χ1n) is 7.45. The molecule has 1 heterocycles. The highest BCUT2D eigenvalue weighted by Crippen LogP contribution is 2.26. The van der Waals surface area contributed by atoms with Crippen LogP contribution >= 0.6 is 0 Å². The molecule has 0 aliphatic carbocycles. The lowest BCUT2D eigenvalue weighted by atomic mass is 9.87. The molecule has 0 saturated carbocycles. The van der Waals surface area contributed by atoms with E-state index < -0.39 is 0 Å². The molecule has 0 aliphatic rings. The van der Waals surface area contributed by atoms with Crippen LogP contribution in [0.15, 0.2) is 53.1 Å². The Kier molecular flexibility index (Phi) is 3.57. The summed E-state index contributed by atoms with van der Waals surface area (Å²) in [6, 6.07) is 16.4. The van der Waals surface area contributed by atoms with E-state index in [1.807, 2.05) is 24.3 Å². The summed E-state index contributed by atoms with van der Waals surface area (Å²) in [5, 5.41) is 4.09. The van der Waals surface area contributed by atoms with E-state index in [2.05, 4.69) is 62.1 Å². The van der Waals surface area contributed by atoms with Gasteiger partial charge in [0.15, 0.2) is 0 Å². The third kappa shape index (κ3) is 2.93. The number of aryl methyl sites for hydroxylation is 1. The summed E-state index contributed by atoms with van der Waals surface area (Å²) in [6.07, 6.45) is 0. The number of nitrogens with zero attached hydrogens (tertiary/aromatic N) is 2. The molecule has 0 spiro atoms. The summed E-state index contributed by atoms with van der Waals surface area (Å²) in [6.45, 7) is 8.65. The largest absolute Gasteiger partial charge is 0.334 e. The fourth-order valence-electron chi connectivity index (χ4n) is 2.35. The van der Waals surface area contributed by atoms with Crippen molar-refractivity contribution in [3.05, 3.63) is 59.7 Å². The zero-order valence-corrected chi connectivity index (χ0v) is 13.4. The van der Waals surface area contributed by atoms with Crippen LogP contribution in [0.5, 0.6) is 0 Å². The molecule has 0 N–H and O–H groups in total. The van der Waals surface area contributed by atoms with E-state index in [0.717, 1.165) is 11.1 Å². The Balaban J connectivity index is 1.91. The molecule has 1 aromatic heterocycles. The summed E-state index contributed by atoms with van der Waals surface area (Å²) >= 11 is 0. The van der Waals surface area contributed by atoms with E-state index in [9.17, 15) is 0 Å². The first kappa shape index (κ1) is 14.5. The monoisotopic (exact) mass is 292 g/mol. The fourth-order valence-corrected chi connectivity index (χ4v) is 2.35. The summed E-state index contributed by atoms with van der Waals surface area (Å²) < 4.78 is 5.41. The van der Waals surface area contributed by atoms with Crippen molar-refractivity contribution < 1.29 is 4.52 Å². The SMILES string of the molecule is Cc1cccc(-c2noc(-c3ccc(C(C)(C)C)cc3)n2)c1.